The molecular weight excluding hydrogens is 402 g/mol. The van der Waals surface area contributed by atoms with Gasteiger partial charge >= 0.3 is 11.9 Å². The van der Waals surface area contributed by atoms with Crippen molar-refractivity contribution in [2.75, 3.05) is 6.61 Å². The Balaban J connectivity index is 1.78. The molecule has 162 valence electrons. The summed E-state index contributed by atoms with van der Waals surface area (Å²) in [7, 11) is 0. The summed E-state index contributed by atoms with van der Waals surface area (Å²) >= 11 is 0. The van der Waals surface area contributed by atoms with Crippen molar-refractivity contribution in [2.24, 2.45) is 0 Å². The Bertz CT molecular complexity index is 1330. The number of hydrogen-bond acceptors (Lipinski definition) is 3. The first kappa shape index (κ1) is 21.4. The number of aromatic nitrogens is 1. The van der Waals surface area contributed by atoms with Gasteiger partial charge < -0.3 is 14.4 Å². The molecule has 0 aliphatic carbocycles. The summed E-state index contributed by atoms with van der Waals surface area (Å²) in [6.07, 6.45) is 0. The Labute approximate surface area is 186 Å². The predicted molar refractivity (Wildman–Crippen MR) is 125 cm³/mol. The fourth-order valence-corrected chi connectivity index (χ4v) is 4.12. The van der Waals surface area contributed by atoms with Crippen LogP contribution >= 0.6 is 0 Å². The van der Waals surface area contributed by atoms with Crippen LogP contribution in [0.1, 0.15) is 44.5 Å². The van der Waals surface area contributed by atoms with Crippen molar-refractivity contribution in [2.45, 2.75) is 27.3 Å². The number of rotatable bonds is 6. The van der Waals surface area contributed by atoms with Crippen LogP contribution in [0.25, 0.3) is 22.0 Å². The van der Waals surface area contributed by atoms with Crippen LogP contribution in [-0.2, 0) is 11.3 Å². The second-order valence-electron chi connectivity index (χ2n) is 7.79. The summed E-state index contributed by atoms with van der Waals surface area (Å²) in [6.45, 7) is 6.83. The topological polar surface area (TPSA) is 68.5 Å². The van der Waals surface area contributed by atoms with E-state index in [0.29, 0.717) is 18.7 Å². The first-order valence-corrected chi connectivity index (χ1v) is 10.6. The first-order valence-electron chi connectivity index (χ1n) is 10.6. The van der Waals surface area contributed by atoms with E-state index in [2.05, 4.69) is 23.6 Å². The molecule has 0 atom stereocenters. The number of aromatic carboxylic acids is 1. The summed E-state index contributed by atoms with van der Waals surface area (Å²) in [5, 5.41) is 10.3. The van der Waals surface area contributed by atoms with Gasteiger partial charge in [-0.25, -0.2) is 9.59 Å². The molecule has 0 amide bonds. The van der Waals surface area contributed by atoms with Gasteiger partial charge in [0.25, 0.3) is 0 Å². The van der Waals surface area contributed by atoms with Gasteiger partial charge in [0.1, 0.15) is 0 Å². The average Bonchev–Trinajstić information content (AvgIpc) is 3.04. The summed E-state index contributed by atoms with van der Waals surface area (Å²) in [6, 6.07) is 20.9. The molecule has 0 bridgehead atoms. The van der Waals surface area contributed by atoms with Crippen LogP contribution in [-0.4, -0.2) is 28.2 Å². The fourth-order valence-electron chi connectivity index (χ4n) is 4.12. The van der Waals surface area contributed by atoms with Gasteiger partial charge in [-0.3, -0.25) is 0 Å². The van der Waals surface area contributed by atoms with Crippen LogP contribution in [0.5, 0.6) is 0 Å². The number of fused-ring (bicyclic) bond motifs is 1. The van der Waals surface area contributed by atoms with E-state index in [9.17, 15) is 14.7 Å². The Hall–Kier alpha value is -3.86. The third kappa shape index (κ3) is 3.89. The van der Waals surface area contributed by atoms with Crippen LogP contribution < -0.4 is 0 Å². The van der Waals surface area contributed by atoms with Gasteiger partial charge in [-0.1, -0.05) is 36.4 Å². The molecule has 0 aliphatic heterocycles. The SMILES string of the molecule is CCOC(=O)c1cccc(-c2ccccc2Cn2c(C)c(C)c3cc(C(=O)O)ccc32)c1. The summed E-state index contributed by atoms with van der Waals surface area (Å²) in [5.74, 6) is -1.26. The molecule has 1 N–H and O–H groups in total. The van der Waals surface area contributed by atoms with Crippen molar-refractivity contribution in [1.82, 2.24) is 4.57 Å². The molecule has 1 heterocycles. The highest BCUT2D eigenvalue weighted by Gasteiger charge is 2.16. The second-order valence-corrected chi connectivity index (χ2v) is 7.79. The second kappa shape index (κ2) is 8.71. The number of carbonyl (C=O) groups excluding carboxylic acids is 1. The van der Waals surface area contributed by atoms with E-state index < -0.39 is 5.97 Å². The zero-order valence-electron chi connectivity index (χ0n) is 18.4. The maximum absolute atomic E-state index is 12.2. The fraction of sp³-hybridized carbons (Fsp3) is 0.185. The average molecular weight is 428 g/mol. The quantitative estimate of drug-likeness (QED) is 0.392. The minimum absolute atomic E-state index is 0.286. The molecule has 4 rings (SSSR count). The van der Waals surface area contributed by atoms with Crippen molar-refractivity contribution < 1.29 is 19.4 Å². The zero-order chi connectivity index (χ0) is 22.8. The molecule has 5 heteroatoms. The van der Waals surface area contributed by atoms with Gasteiger partial charge in [-0.2, -0.15) is 0 Å². The molecule has 0 unspecified atom stereocenters. The lowest BCUT2D eigenvalue weighted by Crippen LogP contribution is -2.05. The third-order valence-electron chi connectivity index (χ3n) is 5.92. The Morgan fingerprint density at radius 2 is 1.72 bits per heavy atom. The molecule has 32 heavy (non-hydrogen) atoms. The van der Waals surface area contributed by atoms with E-state index in [-0.39, 0.29) is 11.5 Å². The lowest BCUT2D eigenvalue weighted by atomic mass is 9.98. The molecule has 0 aliphatic rings. The van der Waals surface area contributed by atoms with Crippen molar-refractivity contribution >= 4 is 22.8 Å². The highest BCUT2D eigenvalue weighted by molar-refractivity contribution is 5.95. The number of hydrogen-bond donors (Lipinski definition) is 1. The highest BCUT2D eigenvalue weighted by Crippen LogP contribution is 2.30. The van der Waals surface area contributed by atoms with Crippen LogP contribution in [0.15, 0.2) is 66.7 Å². The summed E-state index contributed by atoms with van der Waals surface area (Å²) < 4.78 is 7.37. The Morgan fingerprint density at radius 1 is 0.938 bits per heavy atom. The largest absolute Gasteiger partial charge is 0.478 e. The predicted octanol–water partition coefficient (Wildman–Crippen LogP) is 5.85. The minimum atomic E-state index is -0.927. The first-order chi connectivity index (χ1) is 15.4. The van der Waals surface area contributed by atoms with Gasteiger partial charge in [0, 0.05) is 23.1 Å². The lowest BCUT2D eigenvalue weighted by molar-refractivity contribution is 0.0526. The molecule has 4 aromatic rings. The number of benzene rings is 3. The maximum Gasteiger partial charge on any atom is 0.338 e. The van der Waals surface area contributed by atoms with Crippen LogP contribution in [0.3, 0.4) is 0 Å². The number of ether oxygens (including phenoxy) is 1. The molecule has 0 saturated carbocycles. The van der Waals surface area contributed by atoms with Crippen LogP contribution in [0.4, 0.5) is 0 Å². The van der Waals surface area contributed by atoms with Crippen LogP contribution in [0, 0.1) is 13.8 Å². The number of esters is 1. The molecule has 0 radical (unpaired) electrons. The van der Waals surface area contributed by atoms with Crippen molar-refractivity contribution in [3.63, 3.8) is 0 Å². The summed E-state index contributed by atoms with van der Waals surface area (Å²) in [4.78, 5) is 23.6. The lowest BCUT2D eigenvalue weighted by Gasteiger charge is -2.14. The number of aryl methyl sites for hydroxylation is 1. The van der Waals surface area contributed by atoms with Crippen molar-refractivity contribution in [1.29, 1.82) is 0 Å². The summed E-state index contributed by atoms with van der Waals surface area (Å²) in [5.41, 5.74) is 7.08. The number of carboxylic acid groups (broad SMARTS) is 1. The van der Waals surface area contributed by atoms with Crippen LogP contribution in [0.2, 0.25) is 0 Å². The van der Waals surface area contributed by atoms with Crippen molar-refractivity contribution in [3.05, 3.63) is 94.7 Å². The molecular formula is C27H25NO4. The van der Waals surface area contributed by atoms with E-state index in [1.165, 1.54) is 0 Å². The Morgan fingerprint density at radius 3 is 2.47 bits per heavy atom. The number of nitrogens with zero attached hydrogens (tertiary/aromatic N) is 1. The van der Waals surface area contributed by atoms with E-state index >= 15 is 0 Å². The normalized spacial score (nSPS) is 11.0. The van der Waals surface area contributed by atoms with E-state index in [0.717, 1.165) is 38.9 Å². The van der Waals surface area contributed by atoms with Gasteiger partial charge in [-0.15, -0.1) is 0 Å². The highest BCUT2D eigenvalue weighted by atomic mass is 16.5. The third-order valence-corrected chi connectivity index (χ3v) is 5.92. The molecule has 0 saturated heterocycles. The number of carboxylic acids is 1. The van der Waals surface area contributed by atoms with Gasteiger partial charge in [0.2, 0.25) is 0 Å². The van der Waals surface area contributed by atoms with Gasteiger partial charge in [0.15, 0.2) is 0 Å². The molecule has 3 aromatic carbocycles. The standard InChI is InChI=1S/C27H25NO4/c1-4-32-27(31)21-10-7-9-19(14-21)23-11-6-5-8-22(23)16-28-18(3)17(2)24-15-20(26(29)30)12-13-25(24)28/h5-15H,4,16H2,1-3H3,(H,29,30). The maximum atomic E-state index is 12.2. The van der Waals surface area contributed by atoms with E-state index in [4.69, 9.17) is 4.74 Å². The van der Waals surface area contributed by atoms with Gasteiger partial charge in [-0.05, 0) is 73.4 Å². The van der Waals surface area contributed by atoms with Gasteiger partial charge in [0.05, 0.1) is 17.7 Å². The molecule has 0 spiro atoms. The monoisotopic (exact) mass is 427 g/mol. The zero-order valence-corrected chi connectivity index (χ0v) is 18.4. The molecule has 5 nitrogen and oxygen atoms in total. The molecule has 1 aromatic heterocycles. The minimum Gasteiger partial charge on any atom is -0.478 e. The van der Waals surface area contributed by atoms with Crippen molar-refractivity contribution in [3.8, 4) is 11.1 Å². The Kier molecular flexibility index (Phi) is 5.82. The van der Waals surface area contributed by atoms with E-state index in [1.807, 2.05) is 43.3 Å². The smallest absolute Gasteiger partial charge is 0.338 e. The van der Waals surface area contributed by atoms with E-state index in [1.54, 1.807) is 25.1 Å². The number of carbonyl (C=O) groups is 2. The molecule has 0 fully saturated rings.